The van der Waals surface area contributed by atoms with E-state index in [2.05, 4.69) is 31.3 Å². The molecule has 3 unspecified atom stereocenters. The number of aliphatic imine (C=N–C) groups is 3. The van der Waals surface area contributed by atoms with Gasteiger partial charge in [-0.15, -0.1) is 0 Å². The van der Waals surface area contributed by atoms with Gasteiger partial charge in [-0.1, -0.05) is 166 Å². The SMILES string of the molecule is CCCC1=NC(C(=O)[O-])(c2ccccc2)NN1c1ccccc1.CCCC1=NC(C(=O)[O-])(c2ccccc2)NN1c1ccccc1.CCCC1=NC(C(=O)[O-])(c2ccccc2)NN1c1ccccc1.[Ir+3]. The van der Waals surface area contributed by atoms with Crippen molar-refractivity contribution < 1.29 is 49.8 Å². The smallest absolute Gasteiger partial charge is 0.546 e. The summed E-state index contributed by atoms with van der Waals surface area (Å²) < 4.78 is 0. The second-order valence-corrected chi connectivity index (χ2v) is 16.3. The van der Waals surface area contributed by atoms with Gasteiger partial charge in [-0.3, -0.25) is 15.0 Å². The van der Waals surface area contributed by atoms with Crippen molar-refractivity contribution in [3.05, 3.63) is 199 Å². The molecule has 0 saturated heterocycles. The average molecular weight is 1120 g/mol. The summed E-state index contributed by atoms with van der Waals surface area (Å²) in [6, 6.07) is 55.4. The zero-order chi connectivity index (χ0) is 48.9. The van der Waals surface area contributed by atoms with Crippen LogP contribution in [0.15, 0.2) is 197 Å². The van der Waals surface area contributed by atoms with Crippen LogP contribution in [0.3, 0.4) is 0 Å². The summed E-state index contributed by atoms with van der Waals surface area (Å²) in [7, 11) is 0. The van der Waals surface area contributed by atoms with E-state index in [0.717, 1.165) is 36.3 Å². The first kappa shape index (κ1) is 52.0. The zero-order valence-corrected chi connectivity index (χ0v) is 41.4. The van der Waals surface area contributed by atoms with Gasteiger partial charge in [0.1, 0.15) is 17.5 Å². The number of aliphatic carboxylic acids is 3. The molecular formula is C54H54IrN9O6. The van der Waals surface area contributed by atoms with Crippen molar-refractivity contribution >= 4 is 52.5 Å². The van der Waals surface area contributed by atoms with Crippen LogP contribution in [0.25, 0.3) is 0 Å². The van der Waals surface area contributed by atoms with Crippen molar-refractivity contribution in [3.63, 3.8) is 0 Å². The minimum absolute atomic E-state index is 0. The number of carbonyl (C=O) groups is 3. The van der Waals surface area contributed by atoms with E-state index in [9.17, 15) is 29.7 Å². The number of hydrogen-bond acceptors (Lipinski definition) is 15. The molecule has 0 fully saturated rings. The Hall–Kier alpha value is -7.33. The number of nitrogens with zero attached hydrogens (tertiary/aromatic N) is 6. The third-order valence-corrected chi connectivity index (χ3v) is 11.4. The Labute approximate surface area is 421 Å². The van der Waals surface area contributed by atoms with Crippen molar-refractivity contribution in [1.82, 2.24) is 16.3 Å². The number of amidine groups is 3. The predicted molar refractivity (Wildman–Crippen MR) is 263 cm³/mol. The van der Waals surface area contributed by atoms with Gasteiger partial charge < -0.3 is 29.7 Å². The van der Waals surface area contributed by atoms with Crippen molar-refractivity contribution in [2.75, 3.05) is 15.0 Å². The molecule has 3 N–H and O–H groups in total. The molecule has 0 aliphatic carbocycles. The van der Waals surface area contributed by atoms with Crippen molar-refractivity contribution in [1.29, 1.82) is 0 Å². The first-order valence-electron chi connectivity index (χ1n) is 23.0. The third-order valence-electron chi connectivity index (χ3n) is 11.4. The zero-order valence-electron chi connectivity index (χ0n) is 39.0. The Bertz CT molecular complexity index is 2460. The fourth-order valence-corrected chi connectivity index (χ4v) is 8.08. The molecule has 16 heteroatoms. The summed E-state index contributed by atoms with van der Waals surface area (Å²) in [6.07, 6.45) is 4.60. The number of nitrogens with one attached hydrogen (secondary N) is 3. The Morgan fingerprint density at radius 2 is 0.586 bits per heavy atom. The molecule has 3 aliphatic heterocycles. The van der Waals surface area contributed by atoms with Crippen LogP contribution < -0.4 is 46.6 Å². The minimum atomic E-state index is -1.60. The number of carboxylic acids is 3. The van der Waals surface area contributed by atoms with Crippen LogP contribution in [0.5, 0.6) is 0 Å². The Balaban J connectivity index is 0.000000171. The quantitative estimate of drug-likeness (QED) is 0.118. The van der Waals surface area contributed by atoms with Gasteiger partial charge in [0.2, 0.25) is 0 Å². The molecule has 9 rings (SSSR count). The Morgan fingerprint density at radius 1 is 0.386 bits per heavy atom. The monoisotopic (exact) mass is 1120 g/mol. The van der Waals surface area contributed by atoms with E-state index >= 15 is 0 Å². The topological polar surface area (TPSA) is 203 Å². The van der Waals surface area contributed by atoms with E-state index in [1.165, 1.54) is 0 Å². The number of hydrogen-bond donors (Lipinski definition) is 3. The van der Waals surface area contributed by atoms with Crippen molar-refractivity contribution in [2.45, 2.75) is 76.3 Å². The maximum atomic E-state index is 11.9. The van der Waals surface area contributed by atoms with Gasteiger partial charge in [0, 0.05) is 36.0 Å². The van der Waals surface area contributed by atoms with Gasteiger partial charge >= 0.3 is 20.1 Å². The molecule has 3 atom stereocenters. The van der Waals surface area contributed by atoms with E-state index < -0.39 is 34.9 Å². The fraction of sp³-hybridized carbons (Fsp3) is 0.222. The second kappa shape index (κ2) is 23.8. The maximum absolute atomic E-state index is 11.9. The van der Waals surface area contributed by atoms with Crippen LogP contribution in [0.2, 0.25) is 0 Å². The second-order valence-electron chi connectivity index (χ2n) is 16.3. The van der Waals surface area contributed by atoms with Crippen LogP contribution >= 0.6 is 0 Å². The molecule has 0 saturated carbocycles. The van der Waals surface area contributed by atoms with Crippen LogP contribution in [-0.4, -0.2) is 35.4 Å². The van der Waals surface area contributed by atoms with E-state index in [0.29, 0.717) is 53.5 Å². The molecule has 0 aromatic heterocycles. The van der Waals surface area contributed by atoms with Gasteiger partial charge in [0.05, 0.1) is 35.0 Å². The summed E-state index contributed by atoms with van der Waals surface area (Å²) in [6.45, 7) is 6.10. The van der Waals surface area contributed by atoms with E-state index in [1.807, 2.05) is 130 Å². The third kappa shape index (κ3) is 11.1. The summed E-state index contributed by atoms with van der Waals surface area (Å²) in [5.41, 5.74) is 8.51. The fourth-order valence-electron chi connectivity index (χ4n) is 8.08. The summed E-state index contributed by atoms with van der Waals surface area (Å²) >= 11 is 0. The van der Waals surface area contributed by atoms with E-state index in [4.69, 9.17) is 0 Å². The average Bonchev–Trinajstić information content (AvgIpc) is 4.11. The number of para-hydroxylation sites is 3. The van der Waals surface area contributed by atoms with Gasteiger partial charge in [0.15, 0.2) is 17.0 Å². The molecule has 0 bridgehead atoms. The molecule has 6 aromatic carbocycles. The number of hydrazine groups is 3. The maximum Gasteiger partial charge on any atom is 3.00 e. The van der Waals surface area contributed by atoms with Crippen LogP contribution in [-0.2, 0) is 51.5 Å². The van der Waals surface area contributed by atoms with Crippen molar-refractivity contribution in [3.8, 4) is 0 Å². The summed E-state index contributed by atoms with van der Waals surface area (Å²) in [4.78, 5) is 49.3. The van der Waals surface area contributed by atoms with Crippen molar-refractivity contribution in [2.24, 2.45) is 15.0 Å². The van der Waals surface area contributed by atoms with E-state index in [-0.39, 0.29) is 20.1 Å². The van der Waals surface area contributed by atoms with Gasteiger partial charge in [-0.05, 0) is 55.7 Å². The minimum Gasteiger partial charge on any atom is -0.546 e. The molecule has 0 radical (unpaired) electrons. The number of carbonyl (C=O) groups excluding carboxylic acids is 3. The molecule has 3 aliphatic rings. The number of benzene rings is 6. The normalized spacial score (nSPS) is 20.1. The summed E-state index contributed by atoms with van der Waals surface area (Å²) in [5, 5.41) is 41.1. The van der Waals surface area contributed by atoms with E-state index in [1.54, 1.807) is 87.8 Å². The molecule has 360 valence electrons. The number of rotatable bonds is 15. The first-order chi connectivity index (χ1) is 33.5. The molecule has 15 nitrogen and oxygen atoms in total. The first-order valence-corrected chi connectivity index (χ1v) is 23.0. The molecule has 70 heavy (non-hydrogen) atoms. The molecule has 3 heterocycles. The van der Waals surface area contributed by atoms with Crippen LogP contribution in [0.1, 0.15) is 76.0 Å². The van der Waals surface area contributed by atoms with Crippen LogP contribution in [0, 0.1) is 0 Å². The molecule has 0 spiro atoms. The summed E-state index contributed by atoms with van der Waals surface area (Å²) in [5.74, 6) is -1.74. The predicted octanol–water partition coefficient (Wildman–Crippen LogP) is 5.44. The van der Waals surface area contributed by atoms with Gasteiger partial charge in [0.25, 0.3) is 0 Å². The standard InChI is InChI=1S/3C18H19N3O2.Ir/c3*1-2-9-16-19-18(17(22)23,14-10-5-3-6-11-14)20-21(16)15-12-7-4-8-13-15;/h3*3-8,10-13,20H,2,9H2,1H3,(H,22,23);/q;;;+3/p-3. The Morgan fingerprint density at radius 3 is 0.771 bits per heavy atom. The number of carboxylic acid groups (broad SMARTS) is 3. The Kier molecular flexibility index (Phi) is 17.7. The van der Waals surface area contributed by atoms with Crippen LogP contribution in [0.4, 0.5) is 17.1 Å². The van der Waals surface area contributed by atoms with Gasteiger partial charge in [-0.2, -0.15) is 16.3 Å². The molecule has 6 aromatic rings. The molecular weight excluding hydrogens is 1060 g/mol. The molecule has 0 amide bonds. The largest absolute Gasteiger partial charge is 3.00 e. The van der Waals surface area contributed by atoms with Gasteiger partial charge in [-0.25, -0.2) is 15.0 Å². The number of anilines is 3.